The number of hydrogen-bond donors (Lipinski definition) is 1. The summed E-state index contributed by atoms with van der Waals surface area (Å²) in [6.45, 7) is 0. The number of benzene rings is 1. The van der Waals surface area contributed by atoms with Gasteiger partial charge in [0.2, 0.25) is 0 Å². The number of alkyl halides is 6. The molecule has 1 aromatic rings. The molecule has 0 aliphatic rings. The van der Waals surface area contributed by atoms with Crippen molar-refractivity contribution >= 4 is 18.0 Å². The molecule has 0 fully saturated rings. The molecule has 23 heavy (non-hydrogen) atoms. The fourth-order valence-electron chi connectivity index (χ4n) is 1.72. The van der Waals surface area contributed by atoms with Gasteiger partial charge in [0.05, 0.1) is 0 Å². The van der Waals surface area contributed by atoms with Gasteiger partial charge >= 0.3 is 18.0 Å². The third-order valence-electron chi connectivity index (χ3n) is 2.93. The molecular weight excluding hydrogens is 353 g/mol. The first-order valence-electron chi connectivity index (χ1n) is 6.08. The average molecular weight is 364 g/mol. The summed E-state index contributed by atoms with van der Waals surface area (Å²) in [5, 5.41) is 0. The van der Waals surface area contributed by atoms with Crippen molar-refractivity contribution in [3.63, 3.8) is 0 Å². The normalized spacial score (nSPS) is 13.9. The molecular formula is C11H11BF6O4S. The molecule has 0 unspecified atom stereocenters. The van der Waals surface area contributed by atoms with Crippen molar-refractivity contribution in [1.82, 2.24) is 0 Å². The van der Waals surface area contributed by atoms with Crippen LogP contribution in [0.15, 0.2) is 24.3 Å². The van der Waals surface area contributed by atoms with Crippen LogP contribution in [0, 0.1) is 0 Å². The molecule has 0 saturated carbocycles. The van der Waals surface area contributed by atoms with Crippen LogP contribution in [0.25, 0.3) is 0 Å². The van der Waals surface area contributed by atoms with E-state index in [2.05, 4.69) is 4.74 Å². The Kier molecular flexibility index (Phi) is 5.31. The zero-order chi connectivity index (χ0) is 18.1. The van der Waals surface area contributed by atoms with Crippen molar-refractivity contribution in [2.75, 3.05) is 5.75 Å². The minimum absolute atomic E-state index is 0.481. The van der Waals surface area contributed by atoms with E-state index >= 15 is 0 Å². The van der Waals surface area contributed by atoms with Crippen molar-refractivity contribution in [2.45, 2.75) is 24.3 Å². The zero-order valence-electron chi connectivity index (χ0n) is 11.6. The minimum atomic E-state index is -6.13. The van der Waals surface area contributed by atoms with Gasteiger partial charge in [0.1, 0.15) is 19.3 Å². The molecule has 0 saturated heterocycles. The third kappa shape index (κ3) is 4.53. The molecule has 0 radical (unpaired) electrons. The van der Waals surface area contributed by atoms with Crippen molar-refractivity contribution in [3.05, 3.63) is 29.8 Å². The summed E-state index contributed by atoms with van der Waals surface area (Å²) in [5.41, 5.74) is -4.46. The number of hydrogen-bond acceptors (Lipinski definition) is 3. The summed E-state index contributed by atoms with van der Waals surface area (Å²) in [6.07, 6.45) is -11.8. The number of rotatable bonds is 5. The van der Waals surface area contributed by atoms with Gasteiger partial charge in [-0.25, -0.2) is 0 Å². The predicted molar refractivity (Wildman–Crippen MR) is 70.6 cm³/mol. The van der Waals surface area contributed by atoms with Gasteiger partial charge in [0.25, 0.3) is 10.1 Å². The molecule has 1 rings (SSSR count). The van der Waals surface area contributed by atoms with E-state index in [0.717, 1.165) is 12.1 Å². The highest BCUT2D eigenvalue weighted by molar-refractivity contribution is 7.85. The quantitative estimate of drug-likeness (QED) is 0.493. The highest BCUT2D eigenvalue weighted by Gasteiger charge is 2.75. The Morgan fingerprint density at radius 1 is 1.00 bits per heavy atom. The molecule has 12 heteroatoms. The van der Waals surface area contributed by atoms with E-state index in [9.17, 15) is 34.8 Å². The van der Waals surface area contributed by atoms with Crippen LogP contribution >= 0.6 is 0 Å². The van der Waals surface area contributed by atoms with Crippen LogP contribution in [0.3, 0.4) is 0 Å². The summed E-state index contributed by atoms with van der Waals surface area (Å²) in [4.78, 5) is 0. The minimum Gasteiger partial charge on any atom is -0.468 e. The highest BCUT2D eigenvalue weighted by Crippen LogP contribution is 2.46. The van der Waals surface area contributed by atoms with E-state index < -0.39 is 39.6 Å². The molecule has 0 aliphatic heterocycles. The van der Waals surface area contributed by atoms with E-state index in [4.69, 9.17) is 4.55 Å². The Balaban J connectivity index is 3.42. The average Bonchev–Trinajstić information content (AvgIpc) is 2.34. The molecule has 1 N–H and O–H groups in total. The molecule has 0 bridgehead atoms. The molecule has 130 valence electrons. The van der Waals surface area contributed by atoms with Crippen LogP contribution in [0.5, 0.6) is 5.75 Å². The molecule has 4 nitrogen and oxygen atoms in total. The molecule has 0 aromatic heterocycles. The summed E-state index contributed by atoms with van der Waals surface area (Å²) in [5.74, 6) is -3.54. The molecule has 0 atom stereocenters. The summed E-state index contributed by atoms with van der Waals surface area (Å²) >= 11 is 0. The lowest BCUT2D eigenvalue weighted by atomic mass is 9.97. The van der Waals surface area contributed by atoms with Crippen molar-refractivity contribution in [1.29, 1.82) is 0 Å². The summed E-state index contributed by atoms with van der Waals surface area (Å²) in [6, 6.07) is 4.19. The second kappa shape index (κ2) is 6.23. The van der Waals surface area contributed by atoms with Crippen molar-refractivity contribution in [2.24, 2.45) is 0 Å². The molecule has 0 aliphatic carbocycles. The van der Waals surface area contributed by atoms with Crippen LogP contribution in [0.2, 0.25) is 0 Å². The fraction of sp³-hybridized carbons (Fsp3) is 0.455. The van der Waals surface area contributed by atoms with E-state index in [1.165, 1.54) is 12.1 Å². The Morgan fingerprint density at radius 3 is 1.74 bits per heavy atom. The van der Waals surface area contributed by atoms with Crippen LogP contribution in [-0.2, 0) is 16.4 Å². The summed E-state index contributed by atoms with van der Waals surface area (Å²) < 4.78 is 112. The van der Waals surface area contributed by atoms with Crippen LogP contribution in [0.1, 0.15) is 5.56 Å². The lowest BCUT2D eigenvalue weighted by molar-refractivity contribution is -0.348. The van der Waals surface area contributed by atoms with Crippen molar-refractivity contribution in [3.8, 4) is 5.75 Å². The maximum atomic E-state index is 13.0. The first-order chi connectivity index (χ1) is 10.2. The second-order valence-corrected chi connectivity index (χ2v) is 6.10. The fourth-order valence-corrected chi connectivity index (χ4v) is 2.62. The van der Waals surface area contributed by atoms with Crippen LogP contribution in [-0.4, -0.2) is 44.5 Å². The standard InChI is InChI=1S/C11H11BF6O4S/c12-5-7-1-3-8(4-2-7)22-9(10(13,14)15,11(16,17)18)6-23(19,20)21/h1-4H,5-6,12H2,(H,19,20,21). The SMILES string of the molecule is BCc1ccc(OC(CS(=O)(=O)O)(C(F)(F)F)C(F)(F)F)cc1. The molecule has 0 amide bonds. The first kappa shape index (κ1) is 19.6. The lowest BCUT2D eigenvalue weighted by Crippen LogP contribution is -2.64. The summed E-state index contributed by atoms with van der Waals surface area (Å²) in [7, 11) is -3.93. The Hall–Kier alpha value is -1.43. The molecule has 0 spiro atoms. The molecule has 0 heterocycles. The van der Waals surface area contributed by atoms with Gasteiger partial charge in [-0.3, -0.25) is 4.55 Å². The number of ether oxygens (including phenoxy) is 1. The van der Waals surface area contributed by atoms with Crippen molar-refractivity contribution < 1.29 is 44.0 Å². The Morgan fingerprint density at radius 2 is 1.43 bits per heavy atom. The van der Waals surface area contributed by atoms with Gasteiger partial charge in [0, 0.05) is 0 Å². The maximum Gasteiger partial charge on any atom is 0.438 e. The van der Waals surface area contributed by atoms with Crippen LogP contribution in [0.4, 0.5) is 26.3 Å². The second-order valence-electron chi connectivity index (χ2n) is 4.65. The maximum absolute atomic E-state index is 13.0. The van der Waals surface area contributed by atoms with Gasteiger partial charge in [0.15, 0.2) is 0 Å². The van der Waals surface area contributed by atoms with Gasteiger partial charge in [-0.2, -0.15) is 34.8 Å². The third-order valence-corrected chi connectivity index (χ3v) is 3.70. The van der Waals surface area contributed by atoms with E-state index in [0.29, 0.717) is 11.9 Å². The first-order valence-corrected chi connectivity index (χ1v) is 7.69. The lowest BCUT2D eigenvalue weighted by Gasteiger charge is -2.36. The van der Waals surface area contributed by atoms with Crippen LogP contribution < -0.4 is 4.74 Å². The van der Waals surface area contributed by atoms with E-state index in [1.54, 1.807) is 7.85 Å². The molecule has 1 aromatic carbocycles. The van der Waals surface area contributed by atoms with E-state index in [-0.39, 0.29) is 0 Å². The zero-order valence-corrected chi connectivity index (χ0v) is 12.4. The monoisotopic (exact) mass is 364 g/mol. The Bertz CT molecular complexity index is 624. The van der Waals surface area contributed by atoms with E-state index in [1.807, 2.05) is 0 Å². The van der Waals surface area contributed by atoms with Gasteiger partial charge < -0.3 is 4.74 Å². The largest absolute Gasteiger partial charge is 0.468 e. The highest BCUT2D eigenvalue weighted by atomic mass is 32.2. The van der Waals surface area contributed by atoms with Gasteiger partial charge in [-0.05, 0) is 12.1 Å². The topological polar surface area (TPSA) is 63.6 Å². The smallest absolute Gasteiger partial charge is 0.438 e. The Labute approximate surface area is 128 Å². The van der Waals surface area contributed by atoms with Gasteiger partial charge in [-0.15, -0.1) is 0 Å². The predicted octanol–water partition coefficient (Wildman–Crippen LogP) is 1.95. The number of halogens is 6. The van der Waals surface area contributed by atoms with Gasteiger partial charge in [-0.1, -0.05) is 24.0 Å².